The molecule has 3 aromatic rings. The van der Waals surface area contributed by atoms with Gasteiger partial charge in [-0.05, 0) is 80.1 Å². The molecule has 0 heterocycles. The molecule has 0 bridgehead atoms. The number of nitrogens with zero attached hydrogens (tertiary/aromatic N) is 1. The normalized spacial score (nSPS) is 11.2. The summed E-state index contributed by atoms with van der Waals surface area (Å²) in [5.74, 6) is 0.503. The molecule has 0 aromatic heterocycles. The quantitative estimate of drug-likeness (QED) is 0.295. The van der Waals surface area contributed by atoms with Gasteiger partial charge in [-0.25, -0.2) is 8.42 Å². The number of anilines is 1. The maximum absolute atomic E-state index is 13.3. The van der Waals surface area contributed by atoms with Gasteiger partial charge in [0.2, 0.25) is 5.91 Å². The van der Waals surface area contributed by atoms with E-state index in [0.29, 0.717) is 17.3 Å². The molecule has 0 spiro atoms. The number of halogens is 1. The fourth-order valence-corrected chi connectivity index (χ4v) is 5.53. The zero-order valence-corrected chi connectivity index (χ0v) is 21.0. The highest BCUT2D eigenvalue weighted by atomic mass is 35.5. The van der Waals surface area contributed by atoms with Crippen molar-refractivity contribution in [3.05, 3.63) is 88.9 Å². The lowest BCUT2D eigenvalue weighted by molar-refractivity contribution is -0.119. The average Bonchev–Trinajstić information content (AvgIpc) is 2.78. The van der Waals surface area contributed by atoms with Crippen LogP contribution in [0.5, 0.6) is 0 Å². The Hall–Kier alpha value is -2.48. The van der Waals surface area contributed by atoms with Gasteiger partial charge in [0.15, 0.2) is 0 Å². The third kappa shape index (κ3) is 7.25. The van der Waals surface area contributed by atoms with Crippen molar-refractivity contribution >= 4 is 45.0 Å². The first-order chi connectivity index (χ1) is 15.8. The molecule has 0 atom stereocenters. The van der Waals surface area contributed by atoms with E-state index in [0.717, 1.165) is 22.0 Å². The van der Waals surface area contributed by atoms with E-state index in [-0.39, 0.29) is 17.3 Å². The van der Waals surface area contributed by atoms with Crippen molar-refractivity contribution in [3.8, 4) is 0 Å². The molecule has 0 unspecified atom stereocenters. The third-order valence-corrected chi connectivity index (χ3v) is 8.05. The minimum atomic E-state index is -3.95. The predicted octanol–water partition coefficient (Wildman–Crippen LogP) is 5.45. The number of benzene rings is 3. The summed E-state index contributed by atoms with van der Waals surface area (Å²) in [6.45, 7) is 4.10. The van der Waals surface area contributed by atoms with Crippen molar-refractivity contribution in [3.63, 3.8) is 0 Å². The number of hydrogen-bond donors (Lipinski definition) is 1. The van der Waals surface area contributed by atoms with Crippen LogP contribution in [0, 0.1) is 13.8 Å². The molecule has 1 N–H and O–H groups in total. The number of hydrogen-bond acceptors (Lipinski definition) is 4. The standard InChI is InChI=1S/C25H27ClN2O3S2/c1-19-7-11-23(12-8-19)32-16-4-15-27-25(29)18-28(22-6-3-5-20(2)17-22)33(30,31)24-13-9-21(26)10-14-24/h3,5-14,17H,4,15-16,18H2,1-2H3,(H,27,29). The highest BCUT2D eigenvalue weighted by molar-refractivity contribution is 7.99. The fraction of sp³-hybridized carbons (Fsp3) is 0.240. The number of sulfonamides is 1. The van der Waals surface area contributed by atoms with Gasteiger partial charge < -0.3 is 5.32 Å². The van der Waals surface area contributed by atoms with Crippen LogP contribution in [-0.4, -0.2) is 33.2 Å². The van der Waals surface area contributed by atoms with E-state index < -0.39 is 10.0 Å². The minimum absolute atomic E-state index is 0.0794. The maximum Gasteiger partial charge on any atom is 0.264 e. The van der Waals surface area contributed by atoms with Crippen LogP contribution in [0.4, 0.5) is 5.69 Å². The molecule has 33 heavy (non-hydrogen) atoms. The van der Waals surface area contributed by atoms with Crippen molar-refractivity contribution in [1.82, 2.24) is 5.32 Å². The molecule has 0 saturated heterocycles. The molecule has 0 aliphatic heterocycles. The van der Waals surface area contributed by atoms with Gasteiger partial charge in [-0.3, -0.25) is 9.10 Å². The zero-order valence-electron chi connectivity index (χ0n) is 18.6. The van der Waals surface area contributed by atoms with Gasteiger partial charge >= 0.3 is 0 Å². The van der Waals surface area contributed by atoms with Crippen LogP contribution in [-0.2, 0) is 14.8 Å². The average molecular weight is 503 g/mol. The van der Waals surface area contributed by atoms with Gasteiger partial charge in [-0.2, -0.15) is 0 Å². The van der Waals surface area contributed by atoms with E-state index in [9.17, 15) is 13.2 Å². The third-order valence-electron chi connectivity index (χ3n) is 4.91. The monoisotopic (exact) mass is 502 g/mol. The second-order valence-corrected chi connectivity index (χ2v) is 11.1. The first-order valence-corrected chi connectivity index (χ1v) is 13.4. The summed E-state index contributed by atoms with van der Waals surface area (Å²) in [4.78, 5) is 13.9. The van der Waals surface area contributed by atoms with Crippen LogP contribution in [0.2, 0.25) is 5.02 Å². The Morgan fingerprint density at radius 2 is 1.67 bits per heavy atom. The number of carbonyl (C=O) groups is 1. The van der Waals surface area contributed by atoms with Gasteiger partial charge in [-0.15, -0.1) is 11.8 Å². The Kier molecular flexibility index (Phi) is 8.83. The lowest BCUT2D eigenvalue weighted by Crippen LogP contribution is -2.41. The number of thioether (sulfide) groups is 1. The van der Waals surface area contributed by atoms with E-state index in [4.69, 9.17) is 11.6 Å². The molecule has 3 aromatic carbocycles. The molecule has 0 radical (unpaired) electrons. The van der Waals surface area contributed by atoms with Crippen LogP contribution in [0.3, 0.4) is 0 Å². The van der Waals surface area contributed by atoms with Crippen LogP contribution in [0.25, 0.3) is 0 Å². The summed E-state index contributed by atoms with van der Waals surface area (Å²) in [6, 6.07) is 21.3. The zero-order chi connectivity index (χ0) is 23.8. The molecular formula is C25H27ClN2O3S2. The van der Waals surface area contributed by atoms with Crippen LogP contribution in [0.1, 0.15) is 17.5 Å². The van der Waals surface area contributed by atoms with E-state index in [1.54, 1.807) is 30.0 Å². The second-order valence-electron chi connectivity index (χ2n) is 7.67. The van der Waals surface area contributed by atoms with E-state index >= 15 is 0 Å². The Morgan fingerprint density at radius 1 is 0.970 bits per heavy atom. The number of aryl methyl sites for hydroxylation is 2. The van der Waals surface area contributed by atoms with E-state index in [2.05, 4.69) is 36.5 Å². The number of carbonyl (C=O) groups excluding carboxylic acids is 1. The fourth-order valence-electron chi connectivity index (χ4n) is 3.14. The molecule has 0 aliphatic rings. The molecular weight excluding hydrogens is 476 g/mol. The van der Waals surface area contributed by atoms with Gasteiger partial charge in [0.1, 0.15) is 6.54 Å². The topological polar surface area (TPSA) is 66.5 Å². The number of amides is 1. The number of rotatable bonds is 10. The lowest BCUT2D eigenvalue weighted by Gasteiger charge is -2.24. The molecule has 1 amide bonds. The predicted molar refractivity (Wildman–Crippen MR) is 137 cm³/mol. The SMILES string of the molecule is Cc1ccc(SCCCNC(=O)CN(c2cccc(C)c2)S(=O)(=O)c2ccc(Cl)cc2)cc1. The van der Waals surface area contributed by atoms with Gasteiger partial charge in [-0.1, -0.05) is 41.4 Å². The van der Waals surface area contributed by atoms with Crippen LogP contribution in [0.15, 0.2) is 82.6 Å². The summed E-state index contributed by atoms with van der Waals surface area (Å²) in [5, 5.41) is 3.29. The first kappa shape index (κ1) is 25.1. The summed E-state index contributed by atoms with van der Waals surface area (Å²) in [5.41, 5.74) is 2.56. The van der Waals surface area contributed by atoms with E-state index in [1.807, 2.05) is 13.0 Å². The Balaban J connectivity index is 1.64. The number of nitrogens with one attached hydrogen (secondary N) is 1. The summed E-state index contributed by atoms with van der Waals surface area (Å²) in [7, 11) is -3.95. The Labute approximate surface area is 205 Å². The highest BCUT2D eigenvalue weighted by Crippen LogP contribution is 2.25. The van der Waals surface area contributed by atoms with Crippen LogP contribution < -0.4 is 9.62 Å². The Bertz CT molecular complexity index is 1180. The highest BCUT2D eigenvalue weighted by Gasteiger charge is 2.27. The largest absolute Gasteiger partial charge is 0.354 e. The van der Waals surface area contributed by atoms with Crippen molar-refractivity contribution in [2.75, 3.05) is 23.1 Å². The molecule has 3 rings (SSSR count). The van der Waals surface area contributed by atoms with Gasteiger partial charge in [0.25, 0.3) is 10.0 Å². The molecule has 8 heteroatoms. The first-order valence-electron chi connectivity index (χ1n) is 10.6. The van der Waals surface area contributed by atoms with Crippen LogP contribution >= 0.6 is 23.4 Å². The van der Waals surface area contributed by atoms with Crippen molar-refractivity contribution in [2.24, 2.45) is 0 Å². The lowest BCUT2D eigenvalue weighted by atomic mass is 10.2. The molecule has 0 saturated carbocycles. The van der Waals surface area contributed by atoms with Crippen molar-refractivity contribution in [1.29, 1.82) is 0 Å². The maximum atomic E-state index is 13.3. The summed E-state index contributed by atoms with van der Waals surface area (Å²) < 4.78 is 27.8. The smallest absolute Gasteiger partial charge is 0.264 e. The minimum Gasteiger partial charge on any atom is -0.354 e. The van der Waals surface area contributed by atoms with Gasteiger partial charge in [0, 0.05) is 16.5 Å². The second kappa shape index (κ2) is 11.6. The Morgan fingerprint density at radius 3 is 2.33 bits per heavy atom. The van der Waals surface area contributed by atoms with Crippen molar-refractivity contribution < 1.29 is 13.2 Å². The summed E-state index contributed by atoms with van der Waals surface area (Å²) >= 11 is 7.65. The van der Waals surface area contributed by atoms with Crippen molar-refractivity contribution in [2.45, 2.75) is 30.1 Å². The molecule has 0 fully saturated rings. The molecule has 174 valence electrons. The van der Waals surface area contributed by atoms with E-state index in [1.165, 1.54) is 34.7 Å². The molecule has 0 aliphatic carbocycles. The summed E-state index contributed by atoms with van der Waals surface area (Å²) in [6.07, 6.45) is 0.776. The molecule has 5 nitrogen and oxygen atoms in total. The van der Waals surface area contributed by atoms with Gasteiger partial charge in [0.05, 0.1) is 10.6 Å².